The molecule has 16 heavy (non-hydrogen) atoms. The number of allylic oxidation sites excluding steroid dienone is 4. The summed E-state index contributed by atoms with van der Waals surface area (Å²) in [5.74, 6) is 0. The molecule has 1 heterocycles. The van der Waals surface area contributed by atoms with E-state index in [9.17, 15) is 0 Å². The third kappa shape index (κ3) is 2.25. The summed E-state index contributed by atoms with van der Waals surface area (Å²) in [4.78, 5) is 0. The van der Waals surface area contributed by atoms with E-state index in [0.717, 1.165) is 6.42 Å². The Hall–Kier alpha value is -1.76. The van der Waals surface area contributed by atoms with Gasteiger partial charge in [0.05, 0.1) is 0 Å². The first-order valence-electron chi connectivity index (χ1n) is 5.73. The summed E-state index contributed by atoms with van der Waals surface area (Å²) >= 11 is 0. The Morgan fingerprint density at radius 3 is 2.81 bits per heavy atom. The summed E-state index contributed by atoms with van der Waals surface area (Å²) < 4.78 is 0. The summed E-state index contributed by atoms with van der Waals surface area (Å²) in [5, 5.41) is 3.47. The quantitative estimate of drug-likeness (QED) is 0.766. The Morgan fingerprint density at radius 1 is 1.19 bits per heavy atom. The van der Waals surface area contributed by atoms with Crippen LogP contribution >= 0.6 is 0 Å². The van der Waals surface area contributed by atoms with Gasteiger partial charge in [0.2, 0.25) is 0 Å². The molecule has 1 aromatic carbocycles. The van der Waals surface area contributed by atoms with Crippen molar-refractivity contribution in [1.29, 1.82) is 0 Å². The monoisotopic (exact) mass is 211 g/mol. The molecular formula is C15H17N. The van der Waals surface area contributed by atoms with Gasteiger partial charge in [-0.05, 0) is 36.6 Å². The maximum atomic E-state index is 3.47. The van der Waals surface area contributed by atoms with Crippen molar-refractivity contribution in [3.8, 4) is 0 Å². The highest BCUT2D eigenvalue weighted by atomic mass is 14.9. The molecule has 0 unspecified atom stereocenters. The highest BCUT2D eigenvalue weighted by Gasteiger charge is 2.05. The molecule has 1 nitrogen and oxygen atoms in total. The van der Waals surface area contributed by atoms with Crippen LogP contribution in [0.25, 0.3) is 6.08 Å². The molecule has 0 radical (unpaired) electrons. The molecule has 0 spiro atoms. The van der Waals surface area contributed by atoms with Gasteiger partial charge in [-0.1, -0.05) is 43.4 Å². The van der Waals surface area contributed by atoms with Crippen LogP contribution in [0.5, 0.6) is 0 Å². The van der Waals surface area contributed by atoms with Crippen molar-refractivity contribution >= 4 is 11.8 Å². The highest BCUT2D eigenvalue weighted by Crippen LogP contribution is 2.24. The Labute approximate surface area is 97.2 Å². The molecule has 1 aliphatic rings. The van der Waals surface area contributed by atoms with E-state index in [1.54, 1.807) is 0 Å². The number of nitrogens with one attached hydrogen (secondary N) is 1. The molecule has 0 aliphatic carbocycles. The number of rotatable bonds is 2. The second-order valence-electron chi connectivity index (χ2n) is 3.95. The van der Waals surface area contributed by atoms with Crippen molar-refractivity contribution in [3.63, 3.8) is 0 Å². The predicted octanol–water partition coefficient (Wildman–Crippen LogP) is 4.37. The maximum Gasteiger partial charge on any atom is 0.0457 e. The zero-order valence-corrected chi connectivity index (χ0v) is 9.83. The first-order chi connectivity index (χ1) is 7.81. The lowest BCUT2D eigenvalue weighted by molar-refractivity contribution is 1.21. The van der Waals surface area contributed by atoms with Crippen molar-refractivity contribution in [2.24, 2.45) is 0 Å². The molecule has 1 heteroatoms. The maximum absolute atomic E-state index is 3.47. The number of para-hydroxylation sites is 1. The fourth-order valence-electron chi connectivity index (χ4n) is 1.71. The fourth-order valence-corrected chi connectivity index (χ4v) is 1.71. The summed E-state index contributed by atoms with van der Waals surface area (Å²) in [6.07, 6.45) is 9.71. The van der Waals surface area contributed by atoms with Gasteiger partial charge in [-0.3, -0.25) is 0 Å². The van der Waals surface area contributed by atoms with Gasteiger partial charge in [0.15, 0.2) is 0 Å². The van der Waals surface area contributed by atoms with E-state index in [4.69, 9.17) is 0 Å². The fraction of sp³-hybridized carbons (Fsp3) is 0.200. The summed E-state index contributed by atoms with van der Waals surface area (Å²) in [7, 11) is 0. The van der Waals surface area contributed by atoms with Crippen LogP contribution in [-0.2, 0) is 0 Å². The minimum absolute atomic E-state index is 1.06. The average molecular weight is 211 g/mol. The lowest BCUT2D eigenvalue weighted by Gasteiger charge is -2.09. The van der Waals surface area contributed by atoms with E-state index in [-0.39, 0.29) is 0 Å². The molecule has 0 amide bonds. The molecule has 1 N–H and O–H groups in total. The number of hydrogen-bond acceptors (Lipinski definition) is 1. The lowest BCUT2D eigenvalue weighted by Crippen LogP contribution is -1.98. The van der Waals surface area contributed by atoms with Crippen molar-refractivity contribution in [1.82, 2.24) is 0 Å². The largest absolute Gasteiger partial charge is 0.355 e. The van der Waals surface area contributed by atoms with Crippen LogP contribution in [0.1, 0.15) is 25.8 Å². The van der Waals surface area contributed by atoms with Crippen molar-refractivity contribution in [2.45, 2.75) is 20.3 Å². The average Bonchev–Trinajstić information content (AvgIpc) is 2.47. The predicted molar refractivity (Wildman–Crippen MR) is 71.2 cm³/mol. The van der Waals surface area contributed by atoms with Crippen LogP contribution < -0.4 is 5.32 Å². The molecule has 82 valence electrons. The van der Waals surface area contributed by atoms with E-state index < -0.39 is 0 Å². The normalized spacial score (nSPS) is 14.9. The molecule has 0 saturated carbocycles. The van der Waals surface area contributed by atoms with E-state index >= 15 is 0 Å². The van der Waals surface area contributed by atoms with Crippen molar-refractivity contribution in [3.05, 3.63) is 59.3 Å². The molecule has 1 aromatic rings. The number of fused-ring (bicyclic) bond motifs is 1. The van der Waals surface area contributed by atoms with Crippen LogP contribution in [0.4, 0.5) is 5.69 Å². The van der Waals surface area contributed by atoms with Crippen LogP contribution in [-0.4, -0.2) is 0 Å². The minimum atomic E-state index is 1.06. The summed E-state index contributed by atoms with van der Waals surface area (Å²) in [6.45, 7) is 4.28. The number of benzene rings is 1. The molecular weight excluding hydrogens is 194 g/mol. The Balaban J connectivity index is 2.37. The molecule has 1 aliphatic heterocycles. The van der Waals surface area contributed by atoms with E-state index in [2.05, 4.69) is 67.7 Å². The zero-order valence-electron chi connectivity index (χ0n) is 9.83. The van der Waals surface area contributed by atoms with Crippen LogP contribution in [0, 0.1) is 0 Å². The smallest absolute Gasteiger partial charge is 0.0457 e. The van der Waals surface area contributed by atoms with Gasteiger partial charge in [-0.25, -0.2) is 0 Å². The van der Waals surface area contributed by atoms with Crippen LogP contribution in [0.3, 0.4) is 0 Å². The standard InChI is InChI=1S/C15H17N/c1-3-4-8-14-12(2)10-11-13-7-5-6-9-15(13)16-14/h4-11,16H,3H2,1-2H3/b8-4-. The molecule has 0 bridgehead atoms. The van der Waals surface area contributed by atoms with E-state index in [1.165, 1.54) is 22.5 Å². The number of hydrogen-bond donors (Lipinski definition) is 1. The molecule has 0 aromatic heterocycles. The van der Waals surface area contributed by atoms with Crippen LogP contribution in [0.2, 0.25) is 0 Å². The highest BCUT2D eigenvalue weighted by molar-refractivity contribution is 5.73. The zero-order chi connectivity index (χ0) is 11.4. The minimum Gasteiger partial charge on any atom is -0.355 e. The van der Waals surface area contributed by atoms with E-state index in [0.29, 0.717) is 0 Å². The van der Waals surface area contributed by atoms with Gasteiger partial charge in [-0.2, -0.15) is 0 Å². The Morgan fingerprint density at radius 2 is 2.00 bits per heavy atom. The SMILES string of the molecule is CC/C=C\C1=C(C)C=Cc2ccccc2N1. The van der Waals surface area contributed by atoms with Gasteiger partial charge >= 0.3 is 0 Å². The molecule has 0 saturated heterocycles. The van der Waals surface area contributed by atoms with Gasteiger partial charge in [-0.15, -0.1) is 0 Å². The van der Waals surface area contributed by atoms with Crippen LogP contribution in [0.15, 0.2) is 53.8 Å². The second kappa shape index (κ2) is 4.84. The van der Waals surface area contributed by atoms with E-state index in [1.807, 2.05) is 0 Å². The topological polar surface area (TPSA) is 12.0 Å². The lowest BCUT2D eigenvalue weighted by atomic mass is 10.1. The van der Waals surface area contributed by atoms with Gasteiger partial charge in [0, 0.05) is 11.4 Å². The summed E-state index contributed by atoms with van der Waals surface area (Å²) in [5.41, 5.74) is 4.86. The molecule has 0 atom stereocenters. The number of anilines is 1. The Kier molecular flexibility index (Phi) is 3.25. The summed E-state index contributed by atoms with van der Waals surface area (Å²) in [6, 6.07) is 8.35. The molecule has 0 fully saturated rings. The third-order valence-electron chi connectivity index (χ3n) is 2.69. The van der Waals surface area contributed by atoms with Gasteiger partial charge in [0.25, 0.3) is 0 Å². The van der Waals surface area contributed by atoms with Crippen molar-refractivity contribution < 1.29 is 0 Å². The first kappa shape index (κ1) is 10.7. The Bertz CT molecular complexity index is 464. The third-order valence-corrected chi connectivity index (χ3v) is 2.69. The van der Waals surface area contributed by atoms with Crippen molar-refractivity contribution in [2.75, 3.05) is 5.32 Å². The second-order valence-corrected chi connectivity index (χ2v) is 3.95. The first-order valence-corrected chi connectivity index (χ1v) is 5.73. The molecule has 2 rings (SSSR count). The van der Waals surface area contributed by atoms with Gasteiger partial charge in [0.1, 0.15) is 0 Å². The van der Waals surface area contributed by atoms with Gasteiger partial charge < -0.3 is 5.32 Å².